The molecule has 0 fully saturated rings. The van der Waals surface area contributed by atoms with Crippen LogP contribution in [0.1, 0.15) is 33.1 Å². The highest BCUT2D eigenvalue weighted by atomic mass is 16.5. The summed E-state index contributed by atoms with van der Waals surface area (Å²) in [6.07, 6.45) is 1.65. The number of methoxy groups -OCH3 is 1. The zero-order valence-electron chi connectivity index (χ0n) is 16.8. The summed E-state index contributed by atoms with van der Waals surface area (Å²) in [5, 5.41) is 9.64. The number of carbonyl (C=O) groups excluding carboxylic acids is 1. The van der Waals surface area contributed by atoms with Crippen LogP contribution in [0.2, 0.25) is 0 Å². The van der Waals surface area contributed by atoms with Crippen molar-refractivity contribution in [3.05, 3.63) is 76.8 Å². The maximum Gasteiger partial charge on any atom is 0.338 e. The average molecular weight is 397 g/mol. The number of nitrogens with one attached hydrogen (secondary N) is 1. The molecule has 148 valence electrons. The number of nitriles is 1. The molecule has 4 aromatic rings. The van der Waals surface area contributed by atoms with Crippen molar-refractivity contribution < 1.29 is 13.9 Å². The number of imidazole rings is 1. The summed E-state index contributed by atoms with van der Waals surface area (Å²) in [6, 6.07) is 17.0. The molecule has 0 amide bonds. The standard InChI is InChI=1S/C24H19N3O3/c1-14-7-9-20-21(11-14)27-23(26-20)16(13-25)12-17-8-10-22(30-17)18-5-4-6-19(15(18)2)24(28)29-3/h4-12H,1-3H3,(H,26,27). The number of benzene rings is 2. The highest BCUT2D eigenvalue weighted by molar-refractivity contribution is 5.93. The molecule has 0 spiro atoms. The second kappa shape index (κ2) is 7.72. The molecule has 2 heterocycles. The van der Waals surface area contributed by atoms with E-state index >= 15 is 0 Å². The lowest BCUT2D eigenvalue weighted by atomic mass is 10.0. The van der Waals surface area contributed by atoms with E-state index in [1.54, 1.807) is 24.3 Å². The molecule has 1 N–H and O–H groups in total. The molecule has 2 aromatic carbocycles. The lowest BCUT2D eigenvalue weighted by Crippen LogP contribution is -2.04. The summed E-state index contributed by atoms with van der Waals surface area (Å²) in [5.74, 6) is 1.20. The van der Waals surface area contributed by atoms with E-state index in [-0.39, 0.29) is 0 Å². The zero-order chi connectivity index (χ0) is 21.3. The molecule has 0 bridgehead atoms. The predicted molar refractivity (Wildman–Crippen MR) is 115 cm³/mol. The SMILES string of the molecule is COC(=O)c1cccc(-c2ccc(C=C(C#N)c3nc4ccc(C)cc4[nH]3)o2)c1C. The molecule has 4 rings (SSSR count). The van der Waals surface area contributed by atoms with Gasteiger partial charge in [0.2, 0.25) is 0 Å². The number of hydrogen-bond donors (Lipinski definition) is 1. The highest BCUT2D eigenvalue weighted by Crippen LogP contribution is 2.29. The van der Waals surface area contributed by atoms with Crippen molar-refractivity contribution in [3.63, 3.8) is 0 Å². The van der Waals surface area contributed by atoms with E-state index in [4.69, 9.17) is 9.15 Å². The Labute approximate surface area is 173 Å². The topological polar surface area (TPSA) is 91.9 Å². The fourth-order valence-corrected chi connectivity index (χ4v) is 3.36. The number of H-pyrrole nitrogens is 1. The van der Waals surface area contributed by atoms with Gasteiger partial charge in [-0.1, -0.05) is 18.2 Å². The van der Waals surface area contributed by atoms with E-state index in [9.17, 15) is 10.1 Å². The van der Waals surface area contributed by atoms with Crippen LogP contribution in [-0.2, 0) is 4.74 Å². The van der Waals surface area contributed by atoms with Gasteiger partial charge in [-0.05, 0) is 55.3 Å². The Hall–Kier alpha value is -4.11. The molecule has 0 saturated heterocycles. The summed E-state index contributed by atoms with van der Waals surface area (Å²) in [7, 11) is 1.35. The van der Waals surface area contributed by atoms with E-state index in [1.165, 1.54) is 7.11 Å². The molecule has 6 heteroatoms. The number of aromatic amines is 1. The molecule has 2 aromatic heterocycles. The van der Waals surface area contributed by atoms with Gasteiger partial charge in [0.15, 0.2) is 0 Å². The smallest absolute Gasteiger partial charge is 0.338 e. The minimum absolute atomic E-state index is 0.366. The largest absolute Gasteiger partial charge is 0.465 e. The second-order valence-corrected chi connectivity index (χ2v) is 6.95. The predicted octanol–water partition coefficient (Wildman–Crippen LogP) is 5.29. The summed E-state index contributed by atoms with van der Waals surface area (Å²) in [5.41, 5.74) is 5.19. The summed E-state index contributed by atoms with van der Waals surface area (Å²) >= 11 is 0. The molecule has 0 radical (unpaired) electrons. The van der Waals surface area contributed by atoms with Crippen molar-refractivity contribution in [1.82, 2.24) is 9.97 Å². The van der Waals surface area contributed by atoms with Crippen LogP contribution >= 0.6 is 0 Å². The van der Waals surface area contributed by atoms with Crippen LogP contribution in [0.4, 0.5) is 0 Å². The molecular weight excluding hydrogens is 378 g/mol. The normalized spacial score (nSPS) is 11.5. The van der Waals surface area contributed by atoms with Crippen LogP contribution in [0.3, 0.4) is 0 Å². The van der Waals surface area contributed by atoms with Crippen molar-refractivity contribution in [2.24, 2.45) is 0 Å². The van der Waals surface area contributed by atoms with Gasteiger partial charge in [0.25, 0.3) is 0 Å². The maximum absolute atomic E-state index is 12.0. The first-order chi connectivity index (χ1) is 14.5. The first-order valence-electron chi connectivity index (χ1n) is 9.37. The van der Waals surface area contributed by atoms with Crippen LogP contribution in [0, 0.1) is 25.2 Å². The van der Waals surface area contributed by atoms with Gasteiger partial charge >= 0.3 is 5.97 Å². The summed E-state index contributed by atoms with van der Waals surface area (Å²) in [4.78, 5) is 19.6. The van der Waals surface area contributed by atoms with Crippen LogP contribution in [-0.4, -0.2) is 23.0 Å². The van der Waals surface area contributed by atoms with Crippen LogP contribution in [0.25, 0.3) is 34.0 Å². The number of allylic oxidation sites excluding steroid dienone is 1. The van der Waals surface area contributed by atoms with Crippen molar-refractivity contribution in [1.29, 1.82) is 5.26 Å². The lowest BCUT2D eigenvalue weighted by molar-refractivity contribution is 0.0600. The Morgan fingerprint density at radius 1 is 1.20 bits per heavy atom. The van der Waals surface area contributed by atoms with Gasteiger partial charge in [-0.25, -0.2) is 9.78 Å². The summed E-state index contributed by atoms with van der Waals surface area (Å²) in [6.45, 7) is 3.85. The van der Waals surface area contributed by atoms with E-state index in [1.807, 2.05) is 44.2 Å². The third-order valence-corrected chi connectivity index (χ3v) is 4.93. The first-order valence-corrected chi connectivity index (χ1v) is 9.37. The van der Waals surface area contributed by atoms with Crippen molar-refractivity contribution in [2.75, 3.05) is 7.11 Å². The van der Waals surface area contributed by atoms with Crippen molar-refractivity contribution >= 4 is 28.7 Å². The van der Waals surface area contributed by atoms with Gasteiger partial charge < -0.3 is 14.1 Å². The number of nitrogens with zero attached hydrogens (tertiary/aromatic N) is 2. The Balaban J connectivity index is 1.70. The third-order valence-electron chi connectivity index (χ3n) is 4.93. The minimum atomic E-state index is -0.395. The molecule has 0 unspecified atom stereocenters. The maximum atomic E-state index is 12.0. The molecule has 6 nitrogen and oxygen atoms in total. The number of esters is 1. The molecule has 0 atom stereocenters. The number of fused-ring (bicyclic) bond motifs is 1. The molecule has 0 aliphatic heterocycles. The fourth-order valence-electron chi connectivity index (χ4n) is 3.36. The molecule has 0 saturated carbocycles. The van der Waals surface area contributed by atoms with Crippen molar-refractivity contribution in [3.8, 4) is 17.4 Å². The molecular formula is C24H19N3O3. The first kappa shape index (κ1) is 19.2. The number of carbonyl (C=O) groups is 1. The number of hydrogen-bond acceptors (Lipinski definition) is 5. The van der Waals surface area contributed by atoms with Crippen LogP contribution in [0.5, 0.6) is 0 Å². The number of aromatic nitrogens is 2. The van der Waals surface area contributed by atoms with Crippen molar-refractivity contribution in [2.45, 2.75) is 13.8 Å². The van der Waals surface area contributed by atoms with Gasteiger partial charge in [0.05, 0.1) is 29.3 Å². The number of rotatable bonds is 4. The number of ether oxygens (including phenoxy) is 1. The van der Waals surface area contributed by atoms with E-state index in [0.29, 0.717) is 28.5 Å². The van der Waals surface area contributed by atoms with Crippen LogP contribution in [0.15, 0.2) is 52.9 Å². The number of furan rings is 1. The monoisotopic (exact) mass is 397 g/mol. The average Bonchev–Trinajstić information content (AvgIpc) is 3.38. The van der Waals surface area contributed by atoms with Gasteiger partial charge in [0.1, 0.15) is 23.4 Å². The zero-order valence-corrected chi connectivity index (χ0v) is 16.8. The van der Waals surface area contributed by atoms with Gasteiger partial charge in [0, 0.05) is 11.6 Å². The third kappa shape index (κ3) is 3.49. The molecule has 0 aliphatic carbocycles. The Bertz CT molecular complexity index is 1340. The van der Waals surface area contributed by atoms with Gasteiger partial charge in [-0.3, -0.25) is 0 Å². The minimum Gasteiger partial charge on any atom is -0.465 e. The Morgan fingerprint density at radius 3 is 2.80 bits per heavy atom. The lowest BCUT2D eigenvalue weighted by Gasteiger charge is -2.07. The fraction of sp³-hybridized carbons (Fsp3) is 0.125. The van der Waals surface area contributed by atoms with Gasteiger partial charge in [-0.2, -0.15) is 5.26 Å². The van der Waals surface area contributed by atoms with E-state index < -0.39 is 5.97 Å². The van der Waals surface area contributed by atoms with Gasteiger partial charge in [-0.15, -0.1) is 0 Å². The number of aryl methyl sites for hydroxylation is 1. The summed E-state index contributed by atoms with van der Waals surface area (Å²) < 4.78 is 10.8. The van der Waals surface area contributed by atoms with E-state index in [2.05, 4.69) is 16.0 Å². The highest BCUT2D eigenvalue weighted by Gasteiger charge is 2.15. The van der Waals surface area contributed by atoms with E-state index in [0.717, 1.165) is 27.7 Å². The molecule has 30 heavy (non-hydrogen) atoms. The van der Waals surface area contributed by atoms with Crippen LogP contribution < -0.4 is 0 Å². The second-order valence-electron chi connectivity index (χ2n) is 6.95. The Kier molecular flexibility index (Phi) is 4.95. The quantitative estimate of drug-likeness (QED) is 0.373. The molecule has 0 aliphatic rings. The Morgan fingerprint density at radius 2 is 2.03 bits per heavy atom.